The van der Waals surface area contributed by atoms with Crippen LogP contribution in [0, 0.1) is 10.1 Å². The van der Waals surface area contributed by atoms with Gasteiger partial charge in [-0.2, -0.15) is 0 Å². The van der Waals surface area contributed by atoms with Crippen LogP contribution in [0.2, 0.25) is 5.02 Å². The first-order valence-electron chi connectivity index (χ1n) is 4.25. The summed E-state index contributed by atoms with van der Waals surface area (Å²) in [5.74, 6) is 0. The Bertz CT molecular complexity index is 358. The summed E-state index contributed by atoms with van der Waals surface area (Å²) >= 11 is 5.87. The van der Waals surface area contributed by atoms with Gasteiger partial charge in [0.1, 0.15) is 0 Å². The van der Waals surface area contributed by atoms with E-state index in [2.05, 4.69) is 0 Å². The smallest absolute Gasteiger partial charge is 0.269 e. The average Bonchev–Trinajstić information content (AvgIpc) is 2.17. The van der Waals surface area contributed by atoms with Gasteiger partial charge in [0.05, 0.1) is 4.92 Å². The second kappa shape index (κ2) is 5.90. The summed E-state index contributed by atoms with van der Waals surface area (Å²) in [5, 5.41) is 11.0. The van der Waals surface area contributed by atoms with E-state index in [4.69, 9.17) is 17.3 Å². The average molecular weight is 251 g/mol. The molecule has 0 aliphatic carbocycles. The number of non-ortho nitro benzene ring substituents is 1. The largest absolute Gasteiger partial charge is 0.324 e. The first-order valence-corrected chi connectivity index (χ1v) is 4.63. The highest BCUT2D eigenvalue weighted by molar-refractivity contribution is 6.31. The van der Waals surface area contributed by atoms with E-state index in [1.54, 1.807) is 0 Å². The van der Waals surface area contributed by atoms with E-state index in [1.165, 1.54) is 18.2 Å². The molecule has 4 nitrogen and oxygen atoms in total. The van der Waals surface area contributed by atoms with E-state index in [0.717, 1.165) is 0 Å². The Hall–Kier alpha value is -0.840. The van der Waals surface area contributed by atoms with Gasteiger partial charge in [-0.25, -0.2) is 0 Å². The van der Waals surface area contributed by atoms with Crippen molar-refractivity contribution >= 4 is 29.7 Å². The van der Waals surface area contributed by atoms with E-state index in [1.807, 2.05) is 6.92 Å². The van der Waals surface area contributed by atoms with Gasteiger partial charge >= 0.3 is 0 Å². The molecule has 84 valence electrons. The monoisotopic (exact) mass is 250 g/mol. The summed E-state index contributed by atoms with van der Waals surface area (Å²) < 4.78 is 0. The fourth-order valence-electron chi connectivity index (χ4n) is 1.15. The zero-order valence-corrected chi connectivity index (χ0v) is 9.72. The van der Waals surface area contributed by atoms with Gasteiger partial charge in [-0.1, -0.05) is 18.5 Å². The molecule has 1 aromatic carbocycles. The number of benzene rings is 1. The number of hydrogen-bond donors (Lipinski definition) is 1. The predicted octanol–water partition coefficient (Wildman–Crippen LogP) is 3.08. The molecular formula is C9H12Cl2N2O2. The molecule has 0 bridgehead atoms. The molecule has 0 heterocycles. The van der Waals surface area contributed by atoms with Gasteiger partial charge in [-0.05, 0) is 18.1 Å². The van der Waals surface area contributed by atoms with Crippen molar-refractivity contribution in [3.05, 3.63) is 38.9 Å². The number of hydrogen-bond acceptors (Lipinski definition) is 3. The molecule has 0 unspecified atom stereocenters. The number of nitrogens with two attached hydrogens (primary N) is 1. The number of rotatable bonds is 3. The van der Waals surface area contributed by atoms with Crippen molar-refractivity contribution in [3.63, 3.8) is 0 Å². The molecule has 2 N–H and O–H groups in total. The molecule has 0 aromatic heterocycles. The van der Waals surface area contributed by atoms with Crippen LogP contribution in [0.15, 0.2) is 18.2 Å². The Morgan fingerprint density at radius 2 is 2.20 bits per heavy atom. The minimum Gasteiger partial charge on any atom is -0.324 e. The number of nitrogens with zero attached hydrogens (tertiary/aromatic N) is 1. The fraction of sp³-hybridized carbons (Fsp3) is 0.333. The number of nitro groups is 1. The Kier molecular flexibility index (Phi) is 5.57. The third-order valence-corrected chi connectivity index (χ3v) is 2.37. The van der Waals surface area contributed by atoms with Crippen molar-refractivity contribution in [2.75, 3.05) is 0 Å². The third kappa shape index (κ3) is 3.34. The van der Waals surface area contributed by atoms with Gasteiger partial charge < -0.3 is 5.73 Å². The van der Waals surface area contributed by atoms with Gasteiger partial charge in [0.15, 0.2) is 0 Å². The maximum Gasteiger partial charge on any atom is 0.269 e. The van der Waals surface area contributed by atoms with Gasteiger partial charge in [0.25, 0.3) is 5.69 Å². The van der Waals surface area contributed by atoms with Crippen LogP contribution >= 0.6 is 24.0 Å². The molecule has 0 radical (unpaired) electrons. The number of nitro benzene ring substituents is 1. The molecule has 1 rings (SSSR count). The minimum absolute atomic E-state index is 0. The van der Waals surface area contributed by atoms with E-state index in [9.17, 15) is 10.1 Å². The van der Waals surface area contributed by atoms with Gasteiger partial charge in [0, 0.05) is 23.2 Å². The lowest BCUT2D eigenvalue weighted by molar-refractivity contribution is -0.384. The van der Waals surface area contributed by atoms with E-state index < -0.39 is 4.92 Å². The van der Waals surface area contributed by atoms with E-state index in [-0.39, 0.29) is 24.1 Å². The summed E-state index contributed by atoms with van der Waals surface area (Å²) in [5.41, 5.74) is 6.41. The molecule has 0 spiro atoms. The lowest BCUT2D eigenvalue weighted by Gasteiger charge is -2.10. The van der Waals surface area contributed by atoms with Crippen molar-refractivity contribution in [1.82, 2.24) is 0 Å². The van der Waals surface area contributed by atoms with E-state index >= 15 is 0 Å². The second-order valence-electron chi connectivity index (χ2n) is 2.98. The molecule has 1 aromatic rings. The quantitative estimate of drug-likeness (QED) is 0.662. The van der Waals surface area contributed by atoms with Crippen LogP contribution in [0.1, 0.15) is 24.9 Å². The molecule has 6 heteroatoms. The topological polar surface area (TPSA) is 69.2 Å². The van der Waals surface area contributed by atoms with Crippen LogP contribution in [-0.4, -0.2) is 4.92 Å². The van der Waals surface area contributed by atoms with Crippen LogP contribution in [0.5, 0.6) is 0 Å². The summed E-state index contributed by atoms with van der Waals surface area (Å²) in [7, 11) is 0. The highest BCUT2D eigenvalue weighted by Gasteiger charge is 2.13. The first-order chi connectivity index (χ1) is 6.56. The SMILES string of the molecule is CC[C@@H](N)c1cc([N+](=O)[O-])ccc1Cl.Cl. The van der Waals surface area contributed by atoms with Crippen LogP contribution in [-0.2, 0) is 0 Å². The minimum atomic E-state index is -0.456. The molecule has 0 amide bonds. The molecule has 0 fully saturated rings. The molecule has 0 aliphatic heterocycles. The predicted molar refractivity (Wildman–Crippen MR) is 62.6 cm³/mol. The maximum atomic E-state index is 10.5. The molecule has 0 aliphatic rings. The zero-order valence-electron chi connectivity index (χ0n) is 8.14. The summed E-state index contributed by atoms with van der Waals surface area (Å²) in [6.45, 7) is 1.90. The highest BCUT2D eigenvalue weighted by Crippen LogP contribution is 2.27. The molecule has 0 saturated carbocycles. The van der Waals surface area contributed by atoms with Crippen molar-refractivity contribution < 1.29 is 4.92 Å². The summed E-state index contributed by atoms with van der Waals surface area (Å²) in [6, 6.07) is 4.05. The Morgan fingerprint density at radius 1 is 1.60 bits per heavy atom. The van der Waals surface area contributed by atoms with Gasteiger partial charge in [0.2, 0.25) is 0 Å². The fourth-order valence-corrected chi connectivity index (χ4v) is 1.41. The van der Waals surface area contributed by atoms with Gasteiger partial charge in [-0.15, -0.1) is 12.4 Å². The maximum absolute atomic E-state index is 10.5. The van der Waals surface area contributed by atoms with Crippen LogP contribution in [0.4, 0.5) is 5.69 Å². The van der Waals surface area contributed by atoms with Crippen LogP contribution in [0.3, 0.4) is 0 Å². The lowest BCUT2D eigenvalue weighted by atomic mass is 10.0. The Balaban J connectivity index is 0.00000196. The standard InChI is InChI=1S/C9H11ClN2O2.ClH/c1-2-9(11)7-5-6(12(13)14)3-4-8(7)10;/h3-5,9H,2,11H2,1H3;1H/t9-;/m1./s1. The van der Waals surface area contributed by atoms with Crippen molar-refractivity contribution in [2.45, 2.75) is 19.4 Å². The van der Waals surface area contributed by atoms with Gasteiger partial charge in [-0.3, -0.25) is 10.1 Å². The first kappa shape index (κ1) is 14.2. The Labute approximate surface area is 99.0 Å². The van der Waals surface area contributed by atoms with E-state index in [0.29, 0.717) is 17.0 Å². The molecule has 15 heavy (non-hydrogen) atoms. The van der Waals surface area contributed by atoms with Crippen molar-refractivity contribution in [3.8, 4) is 0 Å². The molecule has 0 saturated heterocycles. The van der Waals surface area contributed by atoms with Crippen LogP contribution < -0.4 is 5.73 Å². The van der Waals surface area contributed by atoms with Crippen molar-refractivity contribution in [2.24, 2.45) is 5.73 Å². The second-order valence-corrected chi connectivity index (χ2v) is 3.38. The third-order valence-electron chi connectivity index (χ3n) is 2.03. The molecular weight excluding hydrogens is 239 g/mol. The normalized spacial score (nSPS) is 11.7. The van der Waals surface area contributed by atoms with Crippen LogP contribution in [0.25, 0.3) is 0 Å². The summed E-state index contributed by atoms with van der Waals surface area (Å²) in [6.07, 6.45) is 0.695. The zero-order chi connectivity index (χ0) is 10.7. The van der Waals surface area contributed by atoms with Crippen molar-refractivity contribution in [1.29, 1.82) is 0 Å². The highest BCUT2D eigenvalue weighted by atomic mass is 35.5. The Morgan fingerprint density at radius 3 is 2.67 bits per heavy atom. The molecule has 1 atom stereocenters. The lowest BCUT2D eigenvalue weighted by Crippen LogP contribution is -2.09. The summed E-state index contributed by atoms with van der Waals surface area (Å²) in [4.78, 5) is 10.0. The number of halogens is 2.